The van der Waals surface area contributed by atoms with Crippen LogP contribution in [0.2, 0.25) is 0 Å². The Balaban J connectivity index is 2.58. The number of aromatic amines is 1. The van der Waals surface area contributed by atoms with Gasteiger partial charge in [-0.3, -0.25) is 4.79 Å². The van der Waals surface area contributed by atoms with Crippen LogP contribution in [0.25, 0.3) is 11.3 Å². The van der Waals surface area contributed by atoms with E-state index in [1.54, 1.807) is 13.2 Å². The minimum absolute atomic E-state index is 0.429. The van der Waals surface area contributed by atoms with E-state index in [9.17, 15) is 4.79 Å². The number of benzene rings is 1. The van der Waals surface area contributed by atoms with E-state index >= 15 is 0 Å². The quantitative estimate of drug-likeness (QED) is 0.870. The molecule has 0 aliphatic heterocycles. The van der Waals surface area contributed by atoms with Gasteiger partial charge in [0.05, 0.1) is 18.4 Å². The van der Waals surface area contributed by atoms with Crippen LogP contribution in [0.5, 0.6) is 5.75 Å². The fourth-order valence-electron chi connectivity index (χ4n) is 1.99. The third-order valence-corrected chi connectivity index (χ3v) is 2.93. The number of carbonyl (C=O) groups excluding carboxylic acids is 1. The topological polar surface area (TPSA) is 68.1 Å². The van der Waals surface area contributed by atoms with E-state index in [0.717, 1.165) is 28.3 Å². The first-order valence-corrected chi connectivity index (χ1v) is 5.67. The summed E-state index contributed by atoms with van der Waals surface area (Å²) >= 11 is 0. The number of methoxy groups -OCH3 is 1. The number of ether oxygens (including phenoxy) is 1. The van der Waals surface area contributed by atoms with E-state index in [0.29, 0.717) is 5.56 Å². The second-order valence-electron chi connectivity index (χ2n) is 4.29. The van der Waals surface area contributed by atoms with Crippen molar-refractivity contribution in [1.82, 2.24) is 4.98 Å². The van der Waals surface area contributed by atoms with Crippen molar-refractivity contribution in [3.05, 3.63) is 41.1 Å². The molecule has 0 saturated carbocycles. The molecular weight excluding hydrogens is 228 g/mol. The normalized spacial score (nSPS) is 10.4. The van der Waals surface area contributed by atoms with Crippen LogP contribution < -0.4 is 10.5 Å². The molecule has 0 radical (unpaired) electrons. The number of hydrogen-bond donors (Lipinski definition) is 2. The molecule has 94 valence electrons. The van der Waals surface area contributed by atoms with Crippen molar-refractivity contribution in [1.29, 1.82) is 0 Å². The summed E-state index contributed by atoms with van der Waals surface area (Å²) in [4.78, 5) is 14.4. The molecular formula is C14H16N2O2. The van der Waals surface area contributed by atoms with Crippen molar-refractivity contribution < 1.29 is 9.53 Å². The Morgan fingerprint density at radius 1 is 1.28 bits per heavy atom. The SMILES string of the molecule is COc1ccc(C)cc1-c1cc(C(N)=O)c(C)[nH]1. The van der Waals surface area contributed by atoms with Crippen molar-refractivity contribution in [2.45, 2.75) is 13.8 Å². The van der Waals surface area contributed by atoms with Gasteiger partial charge in [-0.15, -0.1) is 0 Å². The molecule has 4 heteroatoms. The Labute approximate surface area is 106 Å². The van der Waals surface area contributed by atoms with Crippen LogP contribution in [0.15, 0.2) is 24.3 Å². The van der Waals surface area contributed by atoms with Gasteiger partial charge in [0.2, 0.25) is 0 Å². The molecule has 2 aromatic rings. The predicted molar refractivity (Wildman–Crippen MR) is 70.8 cm³/mol. The summed E-state index contributed by atoms with van der Waals surface area (Å²) in [6.45, 7) is 3.83. The number of rotatable bonds is 3. The molecule has 1 amide bonds. The molecule has 0 aliphatic rings. The maximum Gasteiger partial charge on any atom is 0.250 e. The first kappa shape index (κ1) is 12.2. The fourth-order valence-corrected chi connectivity index (χ4v) is 1.99. The number of aromatic nitrogens is 1. The number of carbonyl (C=O) groups is 1. The average Bonchev–Trinajstić information content (AvgIpc) is 2.71. The first-order chi connectivity index (χ1) is 8.52. The second kappa shape index (κ2) is 4.56. The molecule has 0 unspecified atom stereocenters. The average molecular weight is 244 g/mol. The third kappa shape index (κ3) is 2.09. The van der Waals surface area contributed by atoms with Crippen LogP contribution in [0.1, 0.15) is 21.6 Å². The van der Waals surface area contributed by atoms with Crippen molar-refractivity contribution in [2.24, 2.45) is 5.73 Å². The molecule has 1 aromatic carbocycles. The number of hydrogen-bond acceptors (Lipinski definition) is 2. The Hall–Kier alpha value is -2.23. The van der Waals surface area contributed by atoms with Gasteiger partial charge < -0.3 is 15.5 Å². The molecule has 4 nitrogen and oxygen atoms in total. The number of nitrogens with two attached hydrogens (primary N) is 1. The van der Waals surface area contributed by atoms with E-state index in [-0.39, 0.29) is 0 Å². The van der Waals surface area contributed by atoms with Gasteiger partial charge in [0.15, 0.2) is 0 Å². The largest absolute Gasteiger partial charge is 0.496 e. The van der Waals surface area contributed by atoms with E-state index < -0.39 is 5.91 Å². The Kier molecular flexibility index (Phi) is 3.10. The van der Waals surface area contributed by atoms with Gasteiger partial charge >= 0.3 is 0 Å². The molecule has 0 spiro atoms. The number of primary amides is 1. The monoisotopic (exact) mass is 244 g/mol. The number of aryl methyl sites for hydroxylation is 2. The highest BCUT2D eigenvalue weighted by atomic mass is 16.5. The zero-order chi connectivity index (χ0) is 13.3. The highest BCUT2D eigenvalue weighted by Gasteiger charge is 2.13. The van der Waals surface area contributed by atoms with Crippen molar-refractivity contribution in [2.75, 3.05) is 7.11 Å². The number of nitrogens with one attached hydrogen (secondary N) is 1. The predicted octanol–water partition coefficient (Wildman–Crippen LogP) is 2.41. The summed E-state index contributed by atoms with van der Waals surface area (Å²) in [6.07, 6.45) is 0. The lowest BCUT2D eigenvalue weighted by atomic mass is 10.1. The third-order valence-electron chi connectivity index (χ3n) is 2.93. The molecule has 0 aliphatic carbocycles. The molecule has 0 fully saturated rings. The molecule has 1 heterocycles. The lowest BCUT2D eigenvalue weighted by Gasteiger charge is -2.07. The molecule has 3 N–H and O–H groups in total. The standard InChI is InChI=1S/C14H16N2O2/c1-8-4-5-13(18-3)11(6-8)12-7-10(14(15)17)9(2)16-12/h4-7,16H,1-3H3,(H2,15,17). The van der Waals surface area contributed by atoms with Crippen LogP contribution in [-0.4, -0.2) is 18.0 Å². The van der Waals surface area contributed by atoms with E-state index in [1.807, 2.05) is 32.0 Å². The number of H-pyrrole nitrogens is 1. The molecule has 1 aromatic heterocycles. The summed E-state index contributed by atoms with van der Waals surface area (Å²) in [5.74, 6) is 0.333. The summed E-state index contributed by atoms with van der Waals surface area (Å²) < 4.78 is 5.33. The molecule has 0 bridgehead atoms. The highest BCUT2D eigenvalue weighted by molar-refractivity contribution is 5.95. The molecule has 18 heavy (non-hydrogen) atoms. The number of amides is 1. The maximum absolute atomic E-state index is 11.3. The lowest BCUT2D eigenvalue weighted by molar-refractivity contribution is 0.1000. The Bertz CT molecular complexity index is 600. The highest BCUT2D eigenvalue weighted by Crippen LogP contribution is 2.31. The van der Waals surface area contributed by atoms with Crippen LogP contribution in [-0.2, 0) is 0 Å². The fraction of sp³-hybridized carbons (Fsp3) is 0.214. The Morgan fingerprint density at radius 2 is 2.00 bits per heavy atom. The maximum atomic E-state index is 11.3. The van der Waals surface area contributed by atoms with Gasteiger partial charge in [-0.1, -0.05) is 11.6 Å². The van der Waals surface area contributed by atoms with Crippen LogP contribution in [0.4, 0.5) is 0 Å². The van der Waals surface area contributed by atoms with Crippen LogP contribution in [0.3, 0.4) is 0 Å². The summed E-state index contributed by atoms with van der Waals surface area (Å²) in [5.41, 5.74) is 9.47. The lowest BCUT2D eigenvalue weighted by Crippen LogP contribution is -2.10. The minimum atomic E-state index is -0.429. The van der Waals surface area contributed by atoms with Gasteiger partial charge in [0.1, 0.15) is 5.75 Å². The summed E-state index contributed by atoms with van der Waals surface area (Å²) in [7, 11) is 1.62. The molecule has 2 rings (SSSR count). The van der Waals surface area contributed by atoms with Gasteiger partial charge in [0, 0.05) is 11.3 Å². The van der Waals surface area contributed by atoms with E-state index in [1.165, 1.54) is 0 Å². The van der Waals surface area contributed by atoms with Crippen LogP contribution >= 0.6 is 0 Å². The van der Waals surface area contributed by atoms with Gasteiger partial charge in [-0.25, -0.2) is 0 Å². The van der Waals surface area contributed by atoms with Gasteiger partial charge in [-0.05, 0) is 32.0 Å². The van der Waals surface area contributed by atoms with Crippen molar-refractivity contribution in [3.8, 4) is 17.0 Å². The second-order valence-corrected chi connectivity index (χ2v) is 4.29. The minimum Gasteiger partial charge on any atom is -0.496 e. The van der Waals surface area contributed by atoms with Crippen LogP contribution in [0, 0.1) is 13.8 Å². The van der Waals surface area contributed by atoms with Crippen molar-refractivity contribution >= 4 is 5.91 Å². The van der Waals surface area contributed by atoms with Gasteiger partial charge in [0.25, 0.3) is 5.91 Å². The zero-order valence-electron chi connectivity index (χ0n) is 10.7. The Morgan fingerprint density at radius 3 is 2.56 bits per heavy atom. The first-order valence-electron chi connectivity index (χ1n) is 5.67. The van der Waals surface area contributed by atoms with E-state index in [4.69, 9.17) is 10.5 Å². The smallest absolute Gasteiger partial charge is 0.250 e. The van der Waals surface area contributed by atoms with Crippen molar-refractivity contribution in [3.63, 3.8) is 0 Å². The summed E-state index contributed by atoms with van der Waals surface area (Å²) in [6, 6.07) is 7.65. The molecule has 0 atom stereocenters. The molecule has 0 saturated heterocycles. The van der Waals surface area contributed by atoms with E-state index in [2.05, 4.69) is 4.98 Å². The summed E-state index contributed by atoms with van der Waals surface area (Å²) in [5, 5.41) is 0. The van der Waals surface area contributed by atoms with Gasteiger partial charge in [-0.2, -0.15) is 0 Å². The zero-order valence-corrected chi connectivity index (χ0v) is 10.7.